The van der Waals surface area contributed by atoms with Gasteiger partial charge in [-0.1, -0.05) is 0 Å². The quantitative estimate of drug-likeness (QED) is 0.641. The Morgan fingerprint density at radius 1 is 1.24 bits per heavy atom. The number of likely N-dealkylation sites (tertiary alicyclic amines) is 1. The third-order valence-electron chi connectivity index (χ3n) is 7.01. The lowest BCUT2D eigenvalue weighted by atomic mass is 9.91. The molecule has 3 N–H and O–H groups in total. The van der Waals surface area contributed by atoms with E-state index < -0.39 is 5.60 Å². The maximum Gasteiger partial charge on any atom is 0.223 e. The number of carbonyl (C=O) groups excluding carboxylic acids is 2. The first-order valence-electron chi connectivity index (χ1n) is 11.8. The molecule has 33 heavy (non-hydrogen) atoms. The predicted molar refractivity (Wildman–Crippen MR) is 127 cm³/mol. The second kappa shape index (κ2) is 10.0. The van der Waals surface area contributed by atoms with E-state index in [0.29, 0.717) is 32.5 Å². The van der Waals surface area contributed by atoms with Gasteiger partial charge in [-0.2, -0.15) is 0 Å². The van der Waals surface area contributed by atoms with Gasteiger partial charge in [-0.15, -0.1) is 0 Å². The summed E-state index contributed by atoms with van der Waals surface area (Å²) in [6.07, 6.45) is 8.74. The zero-order chi connectivity index (χ0) is 23.4. The van der Waals surface area contributed by atoms with Crippen molar-refractivity contribution in [3.8, 4) is 0 Å². The van der Waals surface area contributed by atoms with Crippen LogP contribution in [0.4, 0.5) is 5.69 Å². The molecule has 2 aliphatic heterocycles. The summed E-state index contributed by atoms with van der Waals surface area (Å²) >= 11 is 0. The minimum atomic E-state index is -0.972. The van der Waals surface area contributed by atoms with E-state index in [9.17, 15) is 14.7 Å². The van der Waals surface area contributed by atoms with E-state index in [-0.39, 0.29) is 17.7 Å². The molecule has 9 nitrogen and oxygen atoms in total. The third-order valence-corrected chi connectivity index (χ3v) is 7.01. The number of rotatable bonds is 7. The van der Waals surface area contributed by atoms with Gasteiger partial charge in [-0.25, -0.2) is 0 Å². The lowest BCUT2D eigenvalue weighted by Crippen LogP contribution is -2.55. The van der Waals surface area contributed by atoms with E-state index in [1.165, 1.54) is 0 Å². The standard InChI is InChI=1S/C24H34N6O3/c1-28(22(31)7-14-29-12-5-18(6-13-29)23(25)32)16-24(33)8-2-11-30(17-24)21-4-10-27-20-3-9-26-15-19(20)21/h3-4,9-10,15,18,33H,2,5-8,11-14,16-17H2,1H3,(H2,25,32)/t24-/m1/s1. The Balaban J connectivity index is 1.32. The van der Waals surface area contributed by atoms with E-state index in [2.05, 4.69) is 19.8 Å². The number of hydrogen-bond acceptors (Lipinski definition) is 7. The molecule has 0 saturated carbocycles. The van der Waals surface area contributed by atoms with Crippen LogP contribution in [0, 0.1) is 5.92 Å². The first kappa shape index (κ1) is 23.4. The summed E-state index contributed by atoms with van der Waals surface area (Å²) in [5.41, 5.74) is 6.32. The highest BCUT2D eigenvalue weighted by Crippen LogP contribution is 2.31. The largest absolute Gasteiger partial charge is 0.386 e. The van der Waals surface area contributed by atoms with Gasteiger partial charge in [0.15, 0.2) is 0 Å². The molecule has 2 aromatic rings. The van der Waals surface area contributed by atoms with E-state index in [0.717, 1.165) is 55.5 Å². The van der Waals surface area contributed by atoms with Crippen molar-refractivity contribution in [1.82, 2.24) is 19.8 Å². The van der Waals surface area contributed by atoms with Crippen LogP contribution in [0.5, 0.6) is 0 Å². The van der Waals surface area contributed by atoms with Crippen LogP contribution < -0.4 is 10.6 Å². The van der Waals surface area contributed by atoms with Crippen LogP contribution in [-0.4, -0.2) is 88.6 Å². The van der Waals surface area contributed by atoms with Crippen molar-refractivity contribution in [2.24, 2.45) is 11.7 Å². The van der Waals surface area contributed by atoms with E-state index in [1.807, 2.05) is 18.3 Å². The van der Waals surface area contributed by atoms with Crippen molar-refractivity contribution in [2.75, 3.05) is 51.2 Å². The number of aliphatic hydroxyl groups is 1. The first-order chi connectivity index (χ1) is 15.8. The van der Waals surface area contributed by atoms with E-state index in [4.69, 9.17) is 5.73 Å². The Hall–Kier alpha value is -2.78. The third kappa shape index (κ3) is 5.59. The van der Waals surface area contributed by atoms with E-state index in [1.54, 1.807) is 24.3 Å². The average molecular weight is 455 g/mol. The summed E-state index contributed by atoms with van der Waals surface area (Å²) in [5, 5.41) is 12.3. The molecule has 0 aliphatic carbocycles. The van der Waals surface area contributed by atoms with Crippen LogP contribution in [0.25, 0.3) is 10.9 Å². The maximum atomic E-state index is 12.8. The minimum Gasteiger partial charge on any atom is -0.386 e. The number of likely N-dealkylation sites (N-methyl/N-ethyl adjacent to an activating group) is 1. The molecule has 2 amide bonds. The second-order valence-electron chi connectivity index (χ2n) is 9.49. The van der Waals surface area contributed by atoms with Gasteiger partial charge in [0, 0.05) is 68.7 Å². The van der Waals surface area contributed by atoms with Crippen LogP contribution in [0.15, 0.2) is 30.7 Å². The first-order valence-corrected chi connectivity index (χ1v) is 11.8. The SMILES string of the molecule is CN(C[C@]1(O)CCCN(c2ccnc3ccncc23)C1)C(=O)CCN1CCC(C(N)=O)CC1. The smallest absolute Gasteiger partial charge is 0.223 e. The lowest BCUT2D eigenvalue weighted by molar-refractivity contribution is -0.134. The molecule has 0 unspecified atom stereocenters. The number of β-amino-alcohol motifs (C(OH)–C–C–N with tert-alkyl or cyclic N) is 1. The number of nitrogens with zero attached hydrogens (tertiary/aromatic N) is 5. The number of carbonyl (C=O) groups is 2. The van der Waals surface area contributed by atoms with Gasteiger partial charge in [-0.3, -0.25) is 19.6 Å². The number of hydrogen-bond donors (Lipinski definition) is 2. The number of fused-ring (bicyclic) bond motifs is 1. The van der Waals surface area contributed by atoms with Crippen LogP contribution >= 0.6 is 0 Å². The molecule has 0 radical (unpaired) electrons. The van der Waals surface area contributed by atoms with Crippen LogP contribution in [0.3, 0.4) is 0 Å². The molecule has 2 fully saturated rings. The molecule has 2 aromatic heterocycles. The molecule has 2 aliphatic rings. The molecule has 9 heteroatoms. The van der Waals surface area contributed by atoms with Gasteiger partial charge >= 0.3 is 0 Å². The van der Waals surface area contributed by atoms with Gasteiger partial charge in [-0.05, 0) is 50.9 Å². The molecular formula is C24H34N6O3. The van der Waals surface area contributed by atoms with Gasteiger partial charge in [0.1, 0.15) is 0 Å². The molecule has 2 saturated heterocycles. The lowest BCUT2D eigenvalue weighted by Gasteiger charge is -2.42. The number of anilines is 1. The zero-order valence-electron chi connectivity index (χ0n) is 19.3. The number of primary amides is 1. The molecular weight excluding hydrogens is 420 g/mol. The molecule has 0 spiro atoms. The maximum absolute atomic E-state index is 12.8. The monoisotopic (exact) mass is 454 g/mol. The fourth-order valence-corrected chi connectivity index (χ4v) is 5.11. The normalized spacial score (nSPS) is 22.4. The molecule has 178 valence electrons. The Morgan fingerprint density at radius 2 is 2.03 bits per heavy atom. The highest BCUT2D eigenvalue weighted by Gasteiger charge is 2.36. The zero-order valence-corrected chi connectivity index (χ0v) is 19.3. The number of pyridine rings is 2. The molecule has 4 rings (SSSR count). The molecule has 0 aromatic carbocycles. The minimum absolute atomic E-state index is 0.0242. The van der Waals surface area contributed by atoms with Crippen LogP contribution in [0.2, 0.25) is 0 Å². The second-order valence-corrected chi connectivity index (χ2v) is 9.49. The van der Waals surface area contributed by atoms with E-state index >= 15 is 0 Å². The van der Waals surface area contributed by atoms with Crippen molar-refractivity contribution in [2.45, 2.75) is 37.7 Å². The number of amides is 2. The summed E-state index contributed by atoms with van der Waals surface area (Å²) in [4.78, 5) is 38.8. The predicted octanol–water partition coefficient (Wildman–Crippen LogP) is 1.01. The van der Waals surface area contributed by atoms with Crippen molar-refractivity contribution in [3.05, 3.63) is 30.7 Å². The summed E-state index contributed by atoms with van der Waals surface area (Å²) in [5.74, 6) is -0.246. The van der Waals surface area contributed by atoms with Crippen molar-refractivity contribution < 1.29 is 14.7 Å². The Bertz CT molecular complexity index is 988. The summed E-state index contributed by atoms with van der Waals surface area (Å²) < 4.78 is 0. The highest BCUT2D eigenvalue weighted by atomic mass is 16.3. The Kier molecular flexibility index (Phi) is 7.09. The van der Waals surface area contributed by atoms with Gasteiger partial charge in [0.05, 0.1) is 17.7 Å². The summed E-state index contributed by atoms with van der Waals surface area (Å²) in [6, 6.07) is 3.85. The topological polar surface area (TPSA) is 116 Å². The van der Waals surface area contributed by atoms with Gasteiger partial charge in [0.2, 0.25) is 11.8 Å². The number of piperidine rings is 2. The highest BCUT2D eigenvalue weighted by molar-refractivity contribution is 5.90. The van der Waals surface area contributed by atoms with Gasteiger partial charge in [0.25, 0.3) is 0 Å². The Labute approximate surface area is 194 Å². The summed E-state index contributed by atoms with van der Waals surface area (Å²) in [7, 11) is 1.77. The Morgan fingerprint density at radius 3 is 2.79 bits per heavy atom. The number of aromatic nitrogens is 2. The van der Waals surface area contributed by atoms with Crippen LogP contribution in [-0.2, 0) is 9.59 Å². The van der Waals surface area contributed by atoms with Crippen molar-refractivity contribution in [1.29, 1.82) is 0 Å². The molecule has 0 bridgehead atoms. The average Bonchev–Trinajstić information content (AvgIpc) is 2.82. The van der Waals surface area contributed by atoms with Crippen LogP contribution in [0.1, 0.15) is 32.1 Å². The van der Waals surface area contributed by atoms with Gasteiger partial charge < -0.3 is 25.5 Å². The molecule has 1 atom stereocenters. The summed E-state index contributed by atoms with van der Waals surface area (Å²) in [6.45, 7) is 3.84. The fraction of sp³-hybridized carbons (Fsp3) is 0.583. The molecule has 4 heterocycles. The number of nitrogens with two attached hydrogens (primary N) is 1. The van der Waals surface area contributed by atoms with Crippen molar-refractivity contribution in [3.63, 3.8) is 0 Å². The van der Waals surface area contributed by atoms with Crippen molar-refractivity contribution >= 4 is 28.4 Å². The fourth-order valence-electron chi connectivity index (χ4n) is 5.11.